The van der Waals surface area contributed by atoms with Crippen LogP contribution >= 0.6 is 34.8 Å². The van der Waals surface area contributed by atoms with Gasteiger partial charge in [0.1, 0.15) is 0 Å². The van der Waals surface area contributed by atoms with Crippen molar-refractivity contribution in [2.45, 2.75) is 0 Å². The Labute approximate surface area is 222 Å². The third-order valence-corrected chi connectivity index (χ3v) is 6.44. The molecule has 0 unspecified atom stereocenters. The van der Waals surface area contributed by atoms with Gasteiger partial charge < -0.3 is 10.4 Å². The second-order valence-electron chi connectivity index (χ2n) is 8.01. The van der Waals surface area contributed by atoms with E-state index >= 15 is 0 Å². The molecule has 180 valence electrons. The summed E-state index contributed by atoms with van der Waals surface area (Å²) < 4.78 is 1.88. The van der Waals surface area contributed by atoms with Gasteiger partial charge in [-0.05, 0) is 48.0 Å². The van der Waals surface area contributed by atoms with Gasteiger partial charge in [-0.2, -0.15) is 0 Å². The third-order valence-electron chi connectivity index (χ3n) is 5.64. The number of aliphatic hydroxyl groups is 1. The predicted octanol–water partition coefficient (Wildman–Crippen LogP) is 6.41. The first-order valence-corrected chi connectivity index (χ1v) is 12.2. The number of nitrogens with zero attached hydrogens (tertiary/aromatic N) is 3. The molecule has 2 heterocycles. The molecule has 2 N–H and O–H groups in total. The number of hydrogen-bond acceptors (Lipinski definition) is 4. The van der Waals surface area contributed by atoms with E-state index in [1.807, 2.05) is 34.9 Å². The van der Waals surface area contributed by atoms with Gasteiger partial charge in [0.2, 0.25) is 5.78 Å². The van der Waals surface area contributed by atoms with Crippen molar-refractivity contribution in [1.29, 1.82) is 0 Å². The Balaban J connectivity index is 1.69. The van der Waals surface area contributed by atoms with Crippen LogP contribution in [0.15, 0.2) is 79.1 Å². The average Bonchev–Trinajstić information content (AvgIpc) is 3.26. The van der Waals surface area contributed by atoms with Crippen LogP contribution in [0, 0.1) is 0 Å². The van der Waals surface area contributed by atoms with Gasteiger partial charge in [-0.25, -0.2) is 9.97 Å². The fraction of sp³-hybridized carbons (Fsp3) is 0.0741. The molecule has 0 aliphatic heterocycles. The molecule has 0 saturated carbocycles. The molecule has 9 heteroatoms. The Bertz CT molecular complexity index is 1580. The highest BCUT2D eigenvalue weighted by Gasteiger charge is 2.20. The molecule has 5 aromatic rings. The zero-order valence-corrected chi connectivity index (χ0v) is 21.0. The molecule has 0 radical (unpaired) electrons. The number of carbonyl (C=O) groups excluding carboxylic acids is 1. The van der Waals surface area contributed by atoms with Gasteiger partial charge >= 0.3 is 0 Å². The Hall–Kier alpha value is -3.42. The van der Waals surface area contributed by atoms with Crippen molar-refractivity contribution in [3.05, 3.63) is 99.8 Å². The first kappa shape index (κ1) is 24.3. The van der Waals surface area contributed by atoms with Crippen LogP contribution < -0.4 is 5.32 Å². The Morgan fingerprint density at radius 3 is 2.44 bits per heavy atom. The van der Waals surface area contributed by atoms with Crippen molar-refractivity contribution in [3.63, 3.8) is 0 Å². The normalized spacial score (nSPS) is 11.1. The number of benzene rings is 3. The quantitative estimate of drug-likeness (QED) is 0.262. The molecule has 36 heavy (non-hydrogen) atoms. The largest absolute Gasteiger partial charge is 0.395 e. The van der Waals surface area contributed by atoms with Gasteiger partial charge in [0.25, 0.3) is 5.91 Å². The highest BCUT2D eigenvalue weighted by molar-refractivity contribution is 6.36. The van der Waals surface area contributed by atoms with Crippen LogP contribution in [-0.2, 0) is 0 Å². The first-order valence-electron chi connectivity index (χ1n) is 11.0. The van der Waals surface area contributed by atoms with E-state index in [0.717, 1.165) is 27.9 Å². The fourth-order valence-corrected chi connectivity index (χ4v) is 4.57. The minimum absolute atomic E-state index is 0.126. The molecule has 0 saturated heterocycles. The molecule has 0 atom stereocenters. The molecule has 0 fully saturated rings. The third kappa shape index (κ3) is 4.81. The van der Waals surface area contributed by atoms with Crippen molar-refractivity contribution in [2.75, 3.05) is 13.2 Å². The molecule has 1 amide bonds. The highest BCUT2D eigenvalue weighted by atomic mass is 35.5. The molecule has 0 bridgehead atoms. The second-order valence-corrected chi connectivity index (χ2v) is 9.29. The molecule has 0 aliphatic rings. The number of halogens is 3. The van der Waals surface area contributed by atoms with E-state index in [1.54, 1.807) is 48.7 Å². The van der Waals surface area contributed by atoms with E-state index < -0.39 is 0 Å². The lowest BCUT2D eigenvalue weighted by atomic mass is 10.0. The maximum atomic E-state index is 12.4. The van der Waals surface area contributed by atoms with Crippen molar-refractivity contribution < 1.29 is 9.90 Å². The van der Waals surface area contributed by atoms with Crippen molar-refractivity contribution in [2.24, 2.45) is 0 Å². The lowest BCUT2D eigenvalue weighted by Crippen LogP contribution is -2.26. The zero-order chi connectivity index (χ0) is 25.2. The molecule has 5 rings (SSSR count). The number of hydrogen-bond donors (Lipinski definition) is 2. The summed E-state index contributed by atoms with van der Waals surface area (Å²) in [4.78, 5) is 21.8. The predicted molar refractivity (Wildman–Crippen MR) is 144 cm³/mol. The molecule has 2 aromatic heterocycles. The summed E-state index contributed by atoms with van der Waals surface area (Å²) in [5, 5.41) is 13.3. The summed E-state index contributed by atoms with van der Waals surface area (Å²) in [5.74, 6) is 0.225. The van der Waals surface area contributed by atoms with Crippen LogP contribution in [0.4, 0.5) is 0 Å². The van der Waals surface area contributed by atoms with Crippen LogP contribution in [0.5, 0.6) is 0 Å². The fourth-order valence-electron chi connectivity index (χ4n) is 3.94. The summed E-state index contributed by atoms with van der Waals surface area (Å²) in [6.45, 7) is 0.0585. The molecule has 0 spiro atoms. The summed E-state index contributed by atoms with van der Waals surface area (Å²) in [6, 6.07) is 19.9. The van der Waals surface area contributed by atoms with Crippen LogP contribution in [0.3, 0.4) is 0 Å². The maximum absolute atomic E-state index is 12.4. The van der Waals surface area contributed by atoms with Crippen molar-refractivity contribution in [1.82, 2.24) is 19.7 Å². The number of fused-ring (bicyclic) bond motifs is 1. The van der Waals surface area contributed by atoms with Crippen LogP contribution in [0.25, 0.3) is 39.4 Å². The second kappa shape index (κ2) is 10.3. The van der Waals surface area contributed by atoms with Gasteiger partial charge in [-0.3, -0.25) is 9.20 Å². The Morgan fingerprint density at radius 2 is 1.69 bits per heavy atom. The van der Waals surface area contributed by atoms with E-state index in [1.165, 1.54) is 0 Å². The molecule has 0 aliphatic carbocycles. The zero-order valence-electron chi connectivity index (χ0n) is 18.8. The Morgan fingerprint density at radius 1 is 0.917 bits per heavy atom. The van der Waals surface area contributed by atoms with Crippen LogP contribution in [-0.4, -0.2) is 38.5 Å². The van der Waals surface area contributed by atoms with Crippen molar-refractivity contribution >= 4 is 46.5 Å². The van der Waals surface area contributed by atoms with E-state index in [4.69, 9.17) is 44.9 Å². The van der Waals surface area contributed by atoms with Gasteiger partial charge in [-0.15, -0.1) is 0 Å². The monoisotopic (exact) mass is 536 g/mol. The summed E-state index contributed by atoms with van der Waals surface area (Å²) in [6.07, 6.45) is 3.63. The minimum atomic E-state index is -0.263. The topological polar surface area (TPSA) is 79.5 Å². The smallest absolute Gasteiger partial charge is 0.251 e. The lowest BCUT2D eigenvalue weighted by Gasteiger charge is -2.10. The highest BCUT2D eigenvalue weighted by Crippen LogP contribution is 2.38. The summed E-state index contributed by atoms with van der Waals surface area (Å²) >= 11 is 18.9. The molecule has 6 nitrogen and oxygen atoms in total. The van der Waals surface area contributed by atoms with E-state index in [0.29, 0.717) is 32.1 Å². The molecule has 3 aromatic carbocycles. The van der Waals surface area contributed by atoms with Crippen LogP contribution in [0.2, 0.25) is 15.1 Å². The number of aromatic nitrogens is 3. The summed E-state index contributed by atoms with van der Waals surface area (Å²) in [7, 11) is 0. The molecular formula is C27H19Cl3N4O2. The number of imidazole rings is 1. The summed E-state index contributed by atoms with van der Waals surface area (Å²) in [5.41, 5.74) is 5.11. The first-order chi connectivity index (χ1) is 17.4. The van der Waals surface area contributed by atoms with Gasteiger partial charge in [0.05, 0.1) is 23.0 Å². The number of amides is 1. The lowest BCUT2D eigenvalue weighted by molar-refractivity contribution is 0.0945. The van der Waals surface area contributed by atoms with Crippen LogP contribution in [0.1, 0.15) is 10.4 Å². The average molecular weight is 538 g/mol. The minimum Gasteiger partial charge on any atom is -0.395 e. The van der Waals surface area contributed by atoms with Crippen molar-refractivity contribution in [3.8, 4) is 33.6 Å². The number of rotatable bonds is 6. The number of nitrogens with one attached hydrogen (secondary N) is 1. The van der Waals surface area contributed by atoms with E-state index in [2.05, 4.69) is 10.3 Å². The number of aliphatic hydroxyl groups excluding tert-OH is 1. The van der Waals surface area contributed by atoms with E-state index in [9.17, 15) is 4.79 Å². The van der Waals surface area contributed by atoms with Gasteiger partial charge in [0.15, 0.2) is 0 Å². The Kier molecular flexibility index (Phi) is 6.94. The molecular weight excluding hydrogens is 519 g/mol. The van der Waals surface area contributed by atoms with Gasteiger partial charge in [0, 0.05) is 51.2 Å². The van der Waals surface area contributed by atoms with E-state index in [-0.39, 0.29) is 19.1 Å². The number of carbonyl (C=O) groups is 1. The standard InChI is InChI=1S/C27H19Cl3N4O2/c28-20-6-4-16(5-7-20)24-25(22-9-8-21(29)13-23(22)30)34-15-19(14-32-27(34)33-24)17-2-1-3-18(12-17)26(36)31-10-11-35/h1-9,12-15,35H,10-11H2,(H,31,36). The maximum Gasteiger partial charge on any atom is 0.251 e. The van der Waals surface area contributed by atoms with Gasteiger partial charge in [-0.1, -0.05) is 59.1 Å². The SMILES string of the molecule is O=C(NCCO)c1cccc(-c2cnc3nc(-c4ccc(Cl)cc4)c(-c4ccc(Cl)cc4Cl)n3c2)c1.